The minimum Gasteiger partial charge on any atom is -0.260 e. The van der Waals surface area contributed by atoms with Crippen LogP contribution in [0.4, 0.5) is 0 Å². The Labute approximate surface area is 93.9 Å². The van der Waals surface area contributed by atoms with Gasteiger partial charge in [-0.1, -0.05) is 33.8 Å². The number of rotatable bonds is 4. The van der Waals surface area contributed by atoms with E-state index >= 15 is 0 Å². The van der Waals surface area contributed by atoms with Crippen LogP contribution in [0, 0.1) is 6.92 Å². The van der Waals surface area contributed by atoms with E-state index in [9.17, 15) is 0 Å². The lowest BCUT2D eigenvalue weighted by Crippen LogP contribution is -2.22. The van der Waals surface area contributed by atoms with Gasteiger partial charge in [0.2, 0.25) is 0 Å². The molecule has 1 heterocycles. The van der Waals surface area contributed by atoms with Gasteiger partial charge in [0, 0.05) is 17.3 Å². The Bertz CT molecular complexity index is 324. The number of hydrogen-bond acceptors (Lipinski definition) is 1. The minimum absolute atomic E-state index is 0.246. The largest absolute Gasteiger partial charge is 0.260 e. The highest BCUT2D eigenvalue weighted by atomic mass is 14.7. The summed E-state index contributed by atoms with van der Waals surface area (Å²) < 4.78 is 0. The van der Waals surface area contributed by atoms with Gasteiger partial charge in [-0.05, 0) is 37.3 Å². The van der Waals surface area contributed by atoms with Crippen LogP contribution in [0.2, 0.25) is 0 Å². The van der Waals surface area contributed by atoms with Gasteiger partial charge in [-0.25, -0.2) is 0 Å². The number of aryl methyl sites for hydroxylation is 2. The summed E-state index contributed by atoms with van der Waals surface area (Å²) in [6.07, 6.45) is 5.42. The van der Waals surface area contributed by atoms with E-state index in [1.165, 1.54) is 16.8 Å². The zero-order valence-corrected chi connectivity index (χ0v) is 10.7. The van der Waals surface area contributed by atoms with E-state index in [0.29, 0.717) is 0 Å². The maximum atomic E-state index is 4.66. The molecule has 0 fully saturated rings. The molecular formula is C14H23N. The van der Waals surface area contributed by atoms with E-state index in [4.69, 9.17) is 0 Å². The predicted molar refractivity (Wildman–Crippen MR) is 66.3 cm³/mol. The van der Waals surface area contributed by atoms with Crippen LogP contribution in [0.3, 0.4) is 0 Å². The topological polar surface area (TPSA) is 12.9 Å². The third kappa shape index (κ3) is 2.39. The molecule has 0 saturated heterocycles. The van der Waals surface area contributed by atoms with Crippen molar-refractivity contribution < 1.29 is 0 Å². The summed E-state index contributed by atoms with van der Waals surface area (Å²) in [4.78, 5) is 4.66. The Morgan fingerprint density at radius 2 is 1.80 bits per heavy atom. The average Bonchev–Trinajstić information content (AvgIpc) is 2.27. The van der Waals surface area contributed by atoms with Crippen molar-refractivity contribution in [3.05, 3.63) is 29.1 Å². The van der Waals surface area contributed by atoms with Crippen LogP contribution in [0.1, 0.15) is 57.4 Å². The molecule has 0 unspecified atom stereocenters. The van der Waals surface area contributed by atoms with Gasteiger partial charge in [0.25, 0.3) is 0 Å². The van der Waals surface area contributed by atoms with Crippen molar-refractivity contribution in [1.29, 1.82) is 0 Å². The van der Waals surface area contributed by atoms with Gasteiger partial charge < -0.3 is 0 Å². The van der Waals surface area contributed by atoms with E-state index in [1.54, 1.807) is 0 Å². The average molecular weight is 205 g/mol. The van der Waals surface area contributed by atoms with Gasteiger partial charge in [0.1, 0.15) is 0 Å². The van der Waals surface area contributed by atoms with Crippen LogP contribution < -0.4 is 0 Å². The molecule has 0 aliphatic heterocycles. The third-order valence-electron chi connectivity index (χ3n) is 3.68. The second-order valence-electron chi connectivity index (χ2n) is 4.63. The fourth-order valence-corrected chi connectivity index (χ4v) is 2.04. The van der Waals surface area contributed by atoms with E-state index in [-0.39, 0.29) is 5.41 Å². The maximum Gasteiger partial charge on any atom is 0.0491 e. The molecule has 0 bridgehead atoms. The maximum absolute atomic E-state index is 4.66. The second-order valence-corrected chi connectivity index (χ2v) is 4.63. The molecule has 0 aliphatic carbocycles. The van der Waals surface area contributed by atoms with Gasteiger partial charge in [-0.2, -0.15) is 0 Å². The van der Waals surface area contributed by atoms with Crippen LogP contribution >= 0.6 is 0 Å². The third-order valence-corrected chi connectivity index (χ3v) is 3.68. The Balaban J connectivity index is 3.14. The van der Waals surface area contributed by atoms with Crippen molar-refractivity contribution in [1.82, 2.24) is 4.98 Å². The summed E-state index contributed by atoms with van der Waals surface area (Å²) in [5.74, 6) is 0. The highest BCUT2D eigenvalue weighted by Gasteiger charge is 2.25. The first-order valence-electron chi connectivity index (χ1n) is 6.03. The van der Waals surface area contributed by atoms with Crippen molar-refractivity contribution in [2.24, 2.45) is 0 Å². The first-order chi connectivity index (χ1) is 7.07. The van der Waals surface area contributed by atoms with Crippen molar-refractivity contribution in [3.8, 4) is 0 Å². The Morgan fingerprint density at radius 1 is 1.20 bits per heavy atom. The summed E-state index contributed by atoms with van der Waals surface area (Å²) in [7, 11) is 0. The molecule has 0 aliphatic rings. The monoisotopic (exact) mass is 205 g/mol. The Hall–Kier alpha value is -0.850. The fourth-order valence-electron chi connectivity index (χ4n) is 2.04. The van der Waals surface area contributed by atoms with Crippen LogP contribution in [0.25, 0.3) is 0 Å². The van der Waals surface area contributed by atoms with Gasteiger partial charge in [-0.3, -0.25) is 4.98 Å². The molecule has 1 nitrogen and oxygen atoms in total. The van der Waals surface area contributed by atoms with Crippen molar-refractivity contribution in [2.75, 3.05) is 0 Å². The van der Waals surface area contributed by atoms with E-state index in [0.717, 1.165) is 19.3 Å². The van der Waals surface area contributed by atoms with E-state index in [2.05, 4.69) is 45.7 Å². The van der Waals surface area contributed by atoms with E-state index < -0.39 is 0 Å². The smallest absolute Gasteiger partial charge is 0.0491 e. The van der Waals surface area contributed by atoms with E-state index in [1.807, 2.05) is 6.20 Å². The molecule has 0 aromatic carbocycles. The number of hydrogen-bond donors (Lipinski definition) is 0. The van der Waals surface area contributed by atoms with Gasteiger partial charge in [0.05, 0.1) is 0 Å². The normalized spacial score (nSPS) is 11.8. The molecule has 0 spiro atoms. The molecular weight excluding hydrogens is 182 g/mol. The predicted octanol–water partition coefficient (Wildman–Crippen LogP) is 4.03. The molecule has 1 aromatic heterocycles. The molecule has 1 rings (SSSR count). The molecule has 0 radical (unpaired) electrons. The lowest BCUT2D eigenvalue weighted by Gasteiger charge is -2.27. The molecule has 1 aromatic rings. The molecule has 15 heavy (non-hydrogen) atoms. The summed E-state index contributed by atoms with van der Waals surface area (Å²) in [5, 5.41) is 0. The fraction of sp³-hybridized carbons (Fsp3) is 0.643. The minimum atomic E-state index is 0.246. The second kappa shape index (κ2) is 4.78. The first-order valence-corrected chi connectivity index (χ1v) is 6.03. The van der Waals surface area contributed by atoms with Crippen molar-refractivity contribution in [3.63, 3.8) is 0 Å². The molecule has 0 atom stereocenters. The van der Waals surface area contributed by atoms with Gasteiger partial charge in [-0.15, -0.1) is 0 Å². The lowest BCUT2D eigenvalue weighted by molar-refractivity contribution is 0.423. The zero-order valence-electron chi connectivity index (χ0n) is 10.7. The summed E-state index contributed by atoms with van der Waals surface area (Å²) in [6.45, 7) is 11.2. The highest BCUT2D eigenvalue weighted by molar-refractivity contribution is 5.29. The van der Waals surface area contributed by atoms with Crippen LogP contribution in [0.15, 0.2) is 12.3 Å². The molecule has 0 amide bonds. The van der Waals surface area contributed by atoms with Crippen molar-refractivity contribution in [2.45, 2.75) is 59.3 Å². The summed E-state index contributed by atoms with van der Waals surface area (Å²) >= 11 is 0. The molecule has 1 heteroatoms. The quantitative estimate of drug-likeness (QED) is 0.723. The Kier molecular flexibility index (Phi) is 3.90. The van der Waals surface area contributed by atoms with Crippen LogP contribution in [0.5, 0.6) is 0 Å². The van der Waals surface area contributed by atoms with Crippen molar-refractivity contribution >= 4 is 0 Å². The number of nitrogens with zero attached hydrogens (tertiary/aromatic N) is 1. The number of aromatic nitrogens is 1. The molecule has 0 saturated carbocycles. The standard InChI is InChI=1S/C14H23N/c1-6-12-9-11(4)13(15-10-12)14(5,7-2)8-3/h9-10H,6-8H2,1-5H3. The highest BCUT2D eigenvalue weighted by Crippen LogP contribution is 2.31. The first kappa shape index (κ1) is 12.2. The number of pyridine rings is 1. The SMILES string of the molecule is CCc1cnc(C(C)(CC)CC)c(C)c1. The van der Waals surface area contributed by atoms with Crippen LogP contribution in [-0.2, 0) is 11.8 Å². The Morgan fingerprint density at radius 3 is 2.20 bits per heavy atom. The summed E-state index contributed by atoms with van der Waals surface area (Å²) in [6, 6.07) is 2.28. The van der Waals surface area contributed by atoms with Gasteiger partial charge in [0.15, 0.2) is 0 Å². The molecule has 0 N–H and O–H groups in total. The van der Waals surface area contributed by atoms with Crippen LogP contribution in [-0.4, -0.2) is 4.98 Å². The summed E-state index contributed by atoms with van der Waals surface area (Å²) in [5.41, 5.74) is 4.21. The zero-order chi connectivity index (χ0) is 11.5. The lowest BCUT2D eigenvalue weighted by atomic mass is 9.79. The molecule has 84 valence electrons. The van der Waals surface area contributed by atoms with Gasteiger partial charge >= 0.3 is 0 Å².